The second-order valence-corrected chi connectivity index (χ2v) is 6.50. The second kappa shape index (κ2) is 7.19. The van der Waals surface area contributed by atoms with Crippen molar-refractivity contribution in [3.63, 3.8) is 0 Å². The largest absolute Gasteiger partial charge is 0.416 e. The van der Waals surface area contributed by atoms with Gasteiger partial charge in [-0.2, -0.15) is 18.4 Å². The van der Waals surface area contributed by atoms with Gasteiger partial charge in [-0.1, -0.05) is 0 Å². The summed E-state index contributed by atoms with van der Waals surface area (Å²) in [4.78, 5) is 12.4. The summed E-state index contributed by atoms with van der Waals surface area (Å²) in [5.74, 6) is 0. The first-order valence-corrected chi connectivity index (χ1v) is 7.77. The number of hydrogen-bond acceptors (Lipinski definition) is 4. The lowest BCUT2D eigenvalue weighted by Gasteiger charge is -2.31. The Balaban J connectivity index is 2.82. The van der Waals surface area contributed by atoms with Crippen LogP contribution in [0.2, 0.25) is 0 Å². The van der Waals surface area contributed by atoms with Crippen molar-refractivity contribution in [1.82, 2.24) is 15.6 Å². The number of urea groups is 1. The summed E-state index contributed by atoms with van der Waals surface area (Å²) in [5.41, 5.74) is -2.39. The molecule has 0 fully saturated rings. The molecule has 138 valence electrons. The lowest BCUT2D eigenvalue weighted by molar-refractivity contribution is -0.221. The van der Waals surface area contributed by atoms with Crippen molar-refractivity contribution in [3.05, 3.63) is 29.8 Å². The number of carbonyl (C=O) groups is 1. The average Bonchev–Trinajstić information content (AvgIpc) is 2.51. The monoisotopic (exact) mass is 386 g/mol. The average molecular weight is 386 g/mol. The van der Waals surface area contributed by atoms with Gasteiger partial charge in [-0.15, -0.1) is 4.83 Å². The quantitative estimate of drug-likeness (QED) is 0.528. The van der Waals surface area contributed by atoms with Crippen LogP contribution < -0.4 is 15.6 Å². The minimum absolute atomic E-state index is 0.0480. The highest BCUT2D eigenvalue weighted by molar-refractivity contribution is 7.89. The Morgan fingerprint density at radius 2 is 1.72 bits per heavy atom. The Bertz CT molecular complexity index is 773. The molecule has 1 unspecified atom stereocenters. The first kappa shape index (κ1) is 20.6. The van der Waals surface area contributed by atoms with Gasteiger partial charge in [0.15, 0.2) is 5.54 Å². The summed E-state index contributed by atoms with van der Waals surface area (Å²) < 4.78 is 86.8. The first-order chi connectivity index (χ1) is 11.3. The maximum Gasteiger partial charge on any atom is 0.416 e. The summed E-state index contributed by atoms with van der Waals surface area (Å²) in [7, 11) is -4.39. The number of rotatable bonds is 5. The van der Waals surface area contributed by atoms with E-state index in [2.05, 4.69) is 0 Å². The van der Waals surface area contributed by atoms with Gasteiger partial charge in [0.1, 0.15) is 0 Å². The fraction of sp³-hybridized carbons (Fsp3) is 0.333. The van der Waals surface area contributed by atoms with Crippen LogP contribution in [-0.4, -0.2) is 32.6 Å². The predicted octanol–water partition coefficient (Wildman–Crippen LogP) is 1.64. The number of sulfonamides is 1. The smallest absolute Gasteiger partial charge is 0.318 e. The van der Waals surface area contributed by atoms with Crippen LogP contribution in [0.15, 0.2) is 29.2 Å². The fourth-order valence-corrected chi connectivity index (χ4v) is 2.24. The van der Waals surface area contributed by atoms with Crippen LogP contribution in [0, 0.1) is 11.3 Å². The molecule has 25 heavy (non-hydrogen) atoms. The molecule has 1 aromatic carbocycles. The van der Waals surface area contributed by atoms with E-state index in [9.17, 15) is 35.2 Å². The molecule has 0 heterocycles. The van der Waals surface area contributed by atoms with E-state index in [4.69, 9.17) is 5.26 Å². The number of nitrogens with zero attached hydrogens (tertiary/aromatic N) is 1. The van der Waals surface area contributed by atoms with Crippen molar-refractivity contribution in [2.24, 2.45) is 0 Å². The molecule has 0 saturated heterocycles. The van der Waals surface area contributed by atoms with Crippen LogP contribution >= 0.6 is 0 Å². The molecule has 0 aromatic heterocycles. The number of nitrogens with one attached hydrogen (secondary N) is 3. The highest BCUT2D eigenvalue weighted by Gasteiger charge is 2.59. The van der Waals surface area contributed by atoms with Gasteiger partial charge in [-0.3, -0.25) is 5.43 Å². The highest BCUT2D eigenvalue weighted by Crippen LogP contribution is 2.34. The number of nitriles is 1. The van der Waals surface area contributed by atoms with Gasteiger partial charge in [0, 0.05) is 0 Å². The lowest BCUT2D eigenvalue weighted by Crippen LogP contribution is -2.64. The second-order valence-electron chi connectivity index (χ2n) is 4.82. The van der Waals surface area contributed by atoms with Gasteiger partial charge >= 0.3 is 12.2 Å². The molecule has 0 aliphatic carbocycles. The molecular weight excluding hydrogens is 375 g/mol. The minimum Gasteiger partial charge on any atom is -0.318 e. The first-order valence-electron chi connectivity index (χ1n) is 6.28. The topological polar surface area (TPSA) is 111 Å². The Morgan fingerprint density at radius 1 is 1.20 bits per heavy atom. The molecular formula is C12H11F5N4O3S. The van der Waals surface area contributed by atoms with Gasteiger partial charge < -0.3 is 5.32 Å². The van der Waals surface area contributed by atoms with E-state index in [1.54, 1.807) is 6.07 Å². The molecule has 0 aliphatic heterocycles. The zero-order valence-electron chi connectivity index (χ0n) is 12.4. The van der Waals surface area contributed by atoms with Gasteiger partial charge in [0.05, 0.1) is 16.5 Å². The van der Waals surface area contributed by atoms with Gasteiger partial charge in [-0.05, 0) is 31.2 Å². The SMILES string of the molecule is CC(NC(=O)NNS(=O)(=O)c1ccc(C#N)cc1)(C(F)F)C(F)(F)F. The summed E-state index contributed by atoms with van der Waals surface area (Å²) in [5, 5.41) is 9.57. The van der Waals surface area contributed by atoms with Crippen molar-refractivity contribution in [2.75, 3.05) is 0 Å². The third kappa shape index (κ3) is 4.77. The number of hydrogen-bond donors (Lipinski definition) is 3. The van der Waals surface area contributed by atoms with Crippen molar-refractivity contribution in [2.45, 2.75) is 30.0 Å². The molecule has 13 heteroatoms. The minimum atomic E-state index is -5.48. The number of halogens is 5. The zero-order chi connectivity index (χ0) is 19.5. The molecule has 0 radical (unpaired) electrons. The Hall–Kier alpha value is -2.46. The van der Waals surface area contributed by atoms with E-state index in [0.717, 1.165) is 29.6 Å². The summed E-state index contributed by atoms with van der Waals surface area (Å²) in [6.07, 6.45) is -9.47. The molecule has 0 bridgehead atoms. The van der Waals surface area contributed by atoms with Gasteiger partial charge in [0.25, 0.3) is 16.4 Å². The number of hydrazine groups is 1. The van der Waals surface area contributed by atoms with Crippen molar-refractivity contribution in [3.8, 4) is 6.07 Å². The third-order valence-electron chi connectivity index (χ3n) is 2.99. The van der Waals surface area contributed by atoms with Crippen LogP contribution in [-0.2, 0) is 10.0 Å². The van der Waals surface area contributed by atoms with Crippen LogP contribution in [0.5, 0.6) is 0 Å². The standard InChI is InChI=1S/C12H11F5N4O3S/c1-11(9(13)14,12(15,16)17)19-10(22)20-21-25(23,24)8-4-2-7(6-18)3-5-8/h2-5,9,21H,1H3,(H2,19,20,22). The van der Waals surface area contributed by atoms with Crippen molar-refractivity contribution in [1.29, 1.82) is 5.26 Å². The Kier molecular flexibility index (Phi) is 5.92. The molecule has 1 atom stereocenters. The van der Waals surface area contributed by atoms with E-state index in [-0.39, 0.29) is 12.5 Å². The van der Waals surface area contributed by atoms with Crippen molar-refractivity contribution < 1.29 is 35.2 Å². The molecule has 7 nitrogen and oxygen atoms in total. The molecule has 1 aromatic rings. The number of benzene rings is 1. The summed E-state index contributed by atoms with van der Waals surface area (Å²) >= 11 is 0. The third-order valence-corrected chi connectivity index (χ3v) is 4.25. The molecule has 1 rings (SSSR count). The van der Waals surface area contributed by atoms with E-state index in [1.807, 2.05) is 0 Å². The maximum absolute atomic E-state index is 12.6. The lowest BCUT2D eigenvalue weighted by atomic mass is 10.0. The molecule has 2 amide bonds. The maximum atomic E-state index is 12.6. The van der Waals surface area contributed by atoms with Crippen LogP contribution in [0.4, 0.5) is 26.7 Å². The van der Waals surface area contributed by atoms with E-state index in [0.29, 0.717) is 0 Å². The summed E-state index contributed by atoms with van der Waals surface area (Å²) in [6, 6.07) is 4.19. The highest BCUT2D eigenvalue weighted by atomic mass is 32.2. The van der Waals surface area contributed by atoms with Crippen LogP contribution in [0.1, 0.15) is 12.5 Å². The number of alkyl halides is 5. The molecule has 0 saturated carbocycles. The van der Waals surface area contributed by atoms with Crippen LogP contribution in [0.3, 0.4) is 0 Å². The predicted molar refractivity (Wildman–Crippen MR) is 73.6 cm³/mol. The van der Waals surface area contributed by atoms with Gasteiger partial charge in [0.2, 0.25) is 0 Å². The van der Waals surface area contributed by atoms with Gasteiger partial charge in [-0.25, -0.2) is 22.0 Å². The molecule has 0 spiro atoms. The zero-order valence-corrected chi connectivity index (χ0v) is 13.2. The molecule has 3 N–H and O–H groups in total. The number of amides is 2. The van der Waals surface area contributed by atoms with E-state index in [1.165, 1.54) is 10.3 Å². The van der Waals surface area contributed by atoms with Crippen molar-refractivity contribution >= 4 is 16.1 Å². The molecule has 0 aliphatic rings. The fourth-order valence-electron chi connectivity index (χ4n) is 1.40. The number of carbonyl (C=O) groups excluding carboxylic acids is 1. The van der Waals surface area contributed by atoms with Crippen LogP contribution in [0.25, 0.3) is 0 Å². The Morgan fingerprint density at radius 3 is 2.12 bits per heavy atom. The normalized spacial score (nSPS) is 14.5. The summed E-state index contributed by atoms with van der Waals surface area (Å²) in [6.45, 7) is 0.0480. The Labute approximate surface area is 138 Å². The van der Waals surface area contributed by atoms with E-state index < -0.39 is 39.1 Å². The van der Waals surface area contributed by atoms with E-state index >= 15 is 0 Å².